The summed E-state index contributed by atoms with van der Waals surface area (Å²) >= 11 is 12.5. The zero-order valence-corrected chi connectivity index (χ0v) is 17.7. The van der Waals surface area contributed by atoms with Gasteiger partial charge in [-0.25, -0.2) is 4.39 Å². The molecule has 30 heavy (non-hydrogen) atoms. The van der Waals surface area contributed by atoms with E-state index in [1.807, 2.05) is 18.2 Å². The number of aromatic nitrogens is 4. The summed E-state index contributed by atoms with van der Waals surface area (Å²) in [4.78, 5) is 2.19. The number of nitrogens with zero attached hydrogens (tertiary/aromatic N) is 5. The van der Waals surface area contributed by atoms with Crippen molar-refractivity contribution in [2.24, 2.45) is 0 Å². The molecule has 1 fully saturated rings. The summed E-state index contributed by atoms with van der Waals surface area (Å²) in [6, 6.07) is 11.7. The minimum atomic E-state index is -0.753. The third kappa shape index (κ3) is 3.50. The van der Waals surface area contributed by atoms with Crippen molar-refractivity contribution >= 4 is 34.8 Å². The van der Waals surface area contributed by atoms with Gasteiger partial charge in [0, 0.05) is 18.8 Å². The third-order valence-electron chi connectivity index (χ3n) is 5.88. The number of halogens is 3. The van der Waals surface area contributed by atoms with E-state index in [0.29, 0.717) is 34.6 Å². The van der Waals surface area contributed by atoms with Gasteiger partial charge in [0.05, 0.1) is 21.8 Å². The third-order valence-corrected chi connectivity index (χ3v) is 6.69. The normalized spacial score (nSPS) is 21.0. The van der Waals surface area contributed by atoms with Gasteiger partial charge in [-0.1, -0.05) is 46.5 Å². The van der Waals surface area contributed by atoms with Gasteiger partial charge in [0.2, 0.25) is 5.95 Å². The van der Waals surface area contributed by atoms with Gasteiger partial charge in [0.15, 0.2) is 0 Å². The van der Waals surface area contributed by atoms with Crippen molar-refractivity contribution in [3.05, 3.63) is 57.6 Å². The van der Waals surface area contributed by atoms with E-state index < -0.39 is 6.17 Å². The maximum Gasteiger partial charge on any atom is 0.248 e. The van der Waals surface area contributed by atoms with Crippen LogP contribution in [0, 0.1) is 0 Å². The molecular formula is C21H21Cl2FN6. The molecule has 2 aliphatic rings. The van der Waals surface area contributed by atoms with Crippen molar-refractivity contribution in [3.8, 4) is 5.69 Å². The average molecular weight is 447 g/mol. The second-order valence-electron chi connectivity index (χ2n) is 7.75. The molecule has 0 bridgehead atoms. The smallest absolute Gasteiger partial charge is 0.248 e. The standard InChI is InChI=1S/C21H21Cl2FN6/c22-16-6-2-8-19(20(16)23)30-21(26-27-28-30)25-17-10-9-15-14(17)5-1-7-18(15)29-11-3-4-13(24)12-29/h1-2,5-8,13,17H,3-4,9-12H2,(H,25,26,28). The highest BCUT2D eigenvalue weighted by molar-refractivity contribution is 6.43. The van der Waals surface area contributed by atoms with Crippen LogP contribution in [0.25, 0.3) is 5.69 Å². The summed E-state index contributed by atoms with van der Waals surface area (Å²) < 4.78 is 15.5. The summed E-state index contributed by atoms with van der Waals surface area (Å²) in [6.45, 7) is 1.38. The van der Waals surface area contributed by atoms with Gasteiger partial charge in [-0.05, 0) is 65.4 Å². The number of rotatable bonds is 4. The summed E-state index contributed by atoms with van der Waals surface area (Å²) in [7, 11) is 0. The van der Waals surface area contributed by atoms with Gasteiger partial charge in [-0.3, -0.25) is 0 Å². The highest BCUT2D eigenvalue weighted by Crippen LogP contribution is 2.40. The number of anilines is 2. The van der Waals surface area contributed by atoms with E-state index in [4.69, 9.17) is 23.2 Å². The first-order valence-corrected chi connectivity index (χ1v) is 10.9. The zero-order chi connectivity index (χ0) is 20.7. The number of benzene rings is 2. The van der Waals surface area contributed by atoms with Crippen molar-refractivity contribution in [3.63, 3.8) is 0 Å². The lowest BCUT2D eigenvalue weighted by molar-refractivity contribution is 0.286. The fourth-order valence-electron chi connectivity index (χ4n) is 4.48. The van der Waals surface area contributed by atoms with E-state index in [9.17, 15) is 4.39 Å². The number of tetrazole rings is 1. The van der Waals surface area contributed by atoms with Gasteiger partial charge in [-0.15, -0.1) is 0 Å². The Morgan fingerprint density at radius 1 is 1.07 bits per heavy atom. The molecule has 2 atom stereocenters. The number of nitrogens with one attached hydrogen (secondary N) is 1. The van der Waals surface area contributed by atoms with E-state index in [0.717, 1.165) is 31.5 Å². The second-order valence-corrected chi connectivity index (χ2v) is 8.54. The highest BCUT2D eigenvalue weighted by atomic mass is 35.5. The predicted octanol–water partition coefficient (Wildman–Crippen LogP) is 5.01. The van der Waals surface area contributed by atoms with Crippen molar-refractivity contribution in [2.45, 2.75) is 37.9 Å². The van der Waals surface area contributed by atoms with Crippen LogP contribution in [0.5, 0.6) is 0 Å². The molecular weight excluding hydrogens is 426 g/mol. The molecule has 1 aromatic heterocycles. The Kier molecular flexibility index (Phi) is 5.25. The maximum absolute atomic E-state index is 14.0. The monoisotopic (exact) mass is 446 g/mol. The fourth-order valence-corrected chi connectivity index (χ4v) is 4.85. The van der Waals surface area contributed by atoms with Crippen molar-refractivity contribution in [1.29, 1.82) is 0 Å². The Balaban J connectivity index is 1.43. The minimum absolute atomic E-state index is 0.0635. The van der Waals surface area contributed by atoms with Crippen LogP contribution in [0.1, 0.15) is 36.4 Å². The number of piperidine rings is 1. The Morgan fingerprint density at radius 2 is 1.90 bits per heavy atom. The van der Waals surface area contributed by atoms with E-state index in [-0.39, 0.29) is 6.04 Å². The van der Waals surface area contributed by atoms with Gasteiger partial charge in [0.25, 0.3) is 0 Å². The van der Waals surface area contributed by atoms with Crippen LogP contribution in [0.2, 0.25) is 10.0 Å². The lowest BCUT2D eigenvalue weighted by atomic mass is 10.0. The molecule has 156 valence electrons. The lowest BCUT2D eigenvalue weighted by Crippen LogP contribution is -2.36. The first-order chi connectivity index (χ1) is 14.6. The molecule has 2 aromatic carbocycles. The Bertz CT molecular complexity index is 1070. The van der Waals surface area contributed by atoms with Crippen LogP contribution in [0.4, 0.5) is 16.0 Å². The van der Waals surface area contributed by atoms with E-state index in [2.05, 4.69) is 37.9 Å². The second kappa shape index (κ2) is 8.04. The Labute approximate surface area is 184 Å². The molecule has 1 aliphatic carbocycles. The zero-order valence-electron chi connectivity index (χ0n) is 16.2. The van der Waals surface area contributed by atoms with Gasteiger partial charge in [-0.2, -0.15) is 4.68 Å². The molecule has 1 N–H and O–H groups in total. The van der Waals surface area contributed by atoms with Gasteiger partial charge < -0.3 is 10.2 Å². The Hall–Kier alpha value is -2.38. The van der Waals surface area contributed by atoms with E-state index in [1.54, 1.807) is 10.7 Å². The van der Waals surface area contributed by atoms with Crippen LogP contribution < -0.4 is 10.2 Å². The molecule has 6 nitrogen and oxygen atoms in total. The van der Waals surface area contributed by atoms with Crippen LogP contribution in [0.3, 0.4) is 0 Å². The van der Waals surface area contributed by atoms with Crippen molar-refractivity contribution in [2.75, 3.05) is 23.3 Å². The molecule has 9 heteroatoms. The lowest BCUT2D eigenvalue weighted by Gasteiger charge is -2.32. The molecule has 0 saturated carbocycles. The number of hydrogen-bond acceptors (Lipinski definition) is 5. The first-order valence-electron chi connectivity index (χ1n) is 10.1. The van der Waals surface area contributed by atoms with Crippen LogP contribution in [0.15, 0.2) is 36.4 Å². The number of fused-ring (bicyclic) bond motifs is 1. The predicted molar refractivity (Wildman–Crippen MR) is 117 cm³/mol. The van der Waals surface area contributed by atoms with E-state index in [1.165, 1.54) is 11.1 Å². The maximum atomic E-state index is 14.0. The Morgan fingerprint density at radius 3 is 2.77 bits per heavy atom. The van der Waals surface area contributed by atoms with Crippen LogP contribution in [-0.2, 0) is 6.42 Å². The largest absolute Gasteiger partial charge is 0.368 e. The van der Waals surface area contributed by atoms with Gasteiger partial charge >= 0.3 is 0 Å². The molecule has 0 amide bonds. The number of alkyl halides is 1. The summed E-state index contributed by atoms with van der Waals surface area (Å²) in [5.41, 5.74) is 4.26. The molecule has 0 spiro atoms. The van der Waals surface area contributed by atoms with Crippen molar-refractivity contribution < 1.29 is 4.39 Å². The average Bonchev–Trinajstić information content (AvgIpc) is 3.38. The van der Waals surface area contributed by atoms with E-state index >= 15 is 0 Å². The quantitative estimate of drug-likeness (QED) is 0.610. The van der Waals surface area contributed by atoms with Gasteiger partial charge in [0.1, 0.15) is 6.17 Å². The minimum Gasteiger partial charge on any atom is -0.368 e. The van der Waals surface area contributed by atoms with Crippen molar-refractivity contribution in [1.82, 2.24) is 20.2 Å². The molecule has 5 rings (SSSR count). The SMILES string of the molecule is FC1CCCN(c2cccc3c2CCC3Nc2nnnn2-c2cccc(Cl)c2Cl)C1. The molecule has 0 radical (unpaired) electrons. The fraction of sp³-hybridized carbons (Fsp3) is 0.381. The summed E-state index contributed by atoms with van der Waals surface area (Å²) in [6.07, 6.45) is 2.63. The topological polar surface area (TPSA) is 58.9 Å². The van der Waals surface area contributed by atoms with Crippen LogP contribution in [-0.4, -0.2) is 39.5 Å². The molecule has 1 aliphatic heterocycles. The summed E-state index contributed by atoms with van der Waals surface area (Å²) in [5.74, 6) is 0.504. The van der Waals surface area contributed by atoms with Crippen LogP contribution >= 0.6 is 23.2 Å². The molecule has 3 aromatic rings. The molecule has 2 heterocycles. The first kappa shape index (κ1) is 19.6. The highest BCUT2D eigenvalue weighted by Gasteiger charge is 2.29. The number of hydrogen-bond donors (Lipinski definition) is 1. The molecule has 1 saturated heterocycles. The summed E-state index contributed by atoms with van der Waals surface area (Å²) in [5, 5.41) is 16.4. The molecule has 2 unspecified atom stereocenters.